The summed E-state index contributed by atoms with van der Waals surface area (Å²) < 4.78 is 5.83. The summed E-state index contributed by atoms with van der Waals surface area (Å²) in [5, 5.41) is 5.44. The van der Waals surface area contributed by atoms with Crippen LogP contribution in [0.5, 0.6) is 5.75 Å². The zero-order valence-electron chi connectivity index (χ0n) is 15.6. The highest BCUT2D eigenvalue weighted by Crippen LogP contribution is 2.23. The van der Waals surface area contributed by atoms with Crippen LogP contribution in [0.3, 0.4) is 0 Å². The molecule has 0 bridgehead atoms. The van der Waals surface area contributed by atoms with Gasteiger partial charge < -0.3 is 21.1 Å². The molecule has 1 rings (SSSR count). The number of primary amides is 1. The number of nitrogens with one attached hydrogen (secondary N) is 2. The first kappa shape index (κ1) is 20.8. The predicted molar refractivity (Wildman–Crippen MR) is 99.8 cm³/mol. The summed E-state index contributed by atoms with van der Waals surface area (Å²) in [6.07, 6.45) is 3.82. The minimum absolute atomic E-state index is 0.0606. The van der Waals surface area contributed by atoms with Crippen LogP contribution in [-0.2, 0) is 4.79 Å². The number of urea groups is 1. The third kappa shape index (κ3) is 8.98. The highest BCUT2D eigenvalue weighted by Gasteiger charge is 2.04. The van der Waals surface area contributed by atoms with Gasteiger partial charge in [-0.25, -0.2) is 4.79 Å². The highest BCUT2D eigenvalue weighted by atomic mass is 16.5. The SMILES string of the molecule is Cc1cc(C)c(C)c(OCCCNC(=O)CCCCCNC(N)=O)c1. The maximum atomic E-state index is 11.7. The van der Waals surface area contributed by atoms with Crippen molar-refractivity contribution in [3.05, 3.63) is 28.8 Å². The molecular weight excluding hydrogens is 318 g/mol. The van der Waals surface area contributed by atoms with Crippen molar-refractivity contribution in [2.75, 3.05) is 19.7 Å². The molecule has 0 unspecified atom stereocenters. The van der Waals surface area contributed by atoms with E-state index in [9.17, 15) is 9.59 Å². The molecule has 0 atom stereocenters. The molecular formula is C19H31N3O3. The topological polar surface area (TPSA) is 93.4 Å². The third-order valence-corrected chi connectivity index (χ3v) is 4.04. The predicted octanol–water partition coefficient (Wildman–Crippen LogP) is 2.73. The van der Waals surface area contributed by atoms with Gasteiger partial charge in [-0.15, -0.1) is 0 Å². The number of rotatable bonds is 11. The Balaban J connectivity index is 2.08. The number of hydrogen-bond acceptors (Lipinski definition) is 3. The molecule has 3 amide bonds. The van der Waals surface area contributed by atoms with Crippen molar-refractivity contribution in [3.63, 3.8) is 0 Å². The average Bonchev–Trinajstić information content (AvgIpc) is 2.54. The van der Waals surface area contributed by atoms with Gasteiger partial charge in [0.2, 0.25) is 5.91 Å². The fourth-order valence-electron chi connectivity index (χ4n) is 2.52. The number of carbonyl (C=O) groups excluding carboxylic acids is 2. The lowest BCUT2D eigenvalue weighted by Gasteiger charge is -2.12. The van der Waals surface area contributed by atoms with E-state index in [-0.39, 0.29) is 5.91 Å². The van der Waals surface area contributed by atoms with Crippen LogP contribution in [0.4, 0.5) is 4.79 Å². The zero-order chi connectivity index (χ0) is 18.7. The standard InChI is InChI=1S/C19H31N3O3/c1-14-12-15(2)16(3)17(13-14)25-11-7-10-21-18(23)8-5-4-6-9-22-19(20)24/h12-13H,4-11H2,1-3H3,(H,21,23)(H3,20,22,24). The monoisotopic (exact) mass is 349 g/mol. The van der Waals surface area contributed by atoms with E-state index >= 15 is 0 Å². The number of aryl methyl sites for hydroxylation is 2. The molecule has 4 N–H and O–H groups in total. The van der Waals surface area contributed by atoms with Crippen molar-refractivity contribution in [1.82, 2.24) is 10.6 Å². The minimum Gasteiger partial charge on any atom is -0.493 e. The number of unbranched alkanes of at least 4 members (excludes halogenated alkanes) is 2. The molecule has 0 radical (unpaired) electrons. The van der Waals surface area contributed by atoms with Gasteiger partial charge in [0.1, 0.15) is 5.75 Å². The molecule has 140 valence electrons. The van der Waals surface area contributed by atoms with Gasteiger partial charge in [0.05, 0.1) is 6.61 Å². The van der Waals surface area contributed by atoms with E-state index in [0.29, 0.717) is 26.1 Å². The normalized spacial score (nSPS) is 10.4. The highest BCUT2D eigenvalue weighted by molar-refractivity contribution is 5.75. The van der Waals surface area contributed by atoms with Crippen molar-refractivity contribution < 1.29 is 14.3 Å². The summed E-state index contributed by atoms with van der Waals surface area (Å²) in [5.74, 6) is 0.985. The van der Waals surface area contributed by atoms with Gasteiger partial charge in [0.15, 0.2) is 0 Å². The Morgan fingerprint density at radius 3 is 2.44 bits per heavy atom. The van der Waals surface area contributed by atoms with Crippen LogP contribution >= 0.6 is 0 Å². The molecule has 0 aliphatic heterocycles. The maximum Gasteiger partial charge on any atom is 0.312 e. The molecule has 0 aromatic heterocycles. The van der Waals surface area contributed by atoms with E-state index in [1.165, 1.54) is 16.7 Å². The van der Waals surface area contributed by atoms with Crippen molar-refractivity contribution in [2.45, 2.75) is 52.9 Å². The summed E-state index contributed by atoms with van der Waals surface area (Å²) in [6.45, 7) is 7.97. The molecule has 1 aromatic carbocycles. The van der Waals surface area contributed by atoms with Crippen LogP contribution in [0.25, 0.3) is 0 Å². The second-order valence-corrected chi connectivity index (χ2v) is 6.36. The van der Waals surface area contributed by atoms with Gasteiger partial charge in [0, 0.05) is 19.5 Å². The molecule has 0 heterocycles. The summed E-state index contributed by atoms with van der Waals surface area (Å²) >= 11 is 0. The maximum absolute atomic E-state index is 11.7. The number of ether oxygens (including phenoxy) is 1. The number of benzene rings is 1. The Morgan fingerprint density at radius 2 is 1.72 bits per heavy atom. The van der Waals surface area contributed by atoms with E-state index in [4.69, 9.17) is 10.5 Å². The lowest BCUT2D eigenvalue weighted by Crippen LogP contribution is -2.30. The number of nitrogens with two attached hydrogens (primary N) is 1. The van der Waals surface area contributed by atoms with Gasteiger partial charge in [-0.2, -0.15) is 0 Å². The summed E-state index contributed by atoms with van der Waals surface area (Å²) in [5.41, 5.74) is 8.56. The molecule has 0 spiro atoms. The first-order chi connectivity index (χ1) is 11.9. The summed E-state index contributed by atoms with van der Waals surface area (Å²) in [7, 11) is 0. The third-order valence-electron chi connectivity index (χ3n) is 4.04. The molecule has 0 aliphatic rings. The van der Waals surface area contributed by atoms with Crippen LogP contribution in [-0.4, -0.2) is 31.6 Å². The average molecular weight is 349 g/mol. The quantitative estimate of drug-likeness (QED) is 0.536. The van der Waals surface area contributed by atoms with Crippen LogP contribution in [0.15, 0.2) is 12.1 Å². The molecule has 25 heavy (non-hydrogen) atoms. The molecule has 0 fully saturated rings. The van der Waals surface area contributed by atoms with E-state index in [2.05, 4.69) is 37.5 Å². The van der Waals surface area contributed by atoms with Crippen LogP contribution in [0.2, 0.25) is 0 Å². The smallest absolute Gasteiger partial charge is 0.312 e. The second kappa shape index (κ2) is 11.3. The number of carbonyl (C=O) groups is 2. The molecule has 6 nitrogen and oxygen atoms in total. The van der Waals surface area contributed by atoms with Crippen molar-refractivity contribution in [2.24, 2.45) is 5.73 Å². The van der Waals surface area contributed by atoms with E-state index < -0.39 is 6.03 Å². The first-order valence-corrected chi connectivity index (χ1v) is 8.91. The van der Waals surface area contributed by atoms with E-state index in [1.807, 2.05) is 6.07 Å². The van der Waals surface area contributed by atoms with E-state index in [0.717, 1.165) is 31.4 Å². The first-order valence-electron chi connectivity index (χ1n) is 8.91. The van der Waals surface area contributed by atoms with Crippen molar-refractivity contribution in [3.8, 4) is 5.75 Å². The fraction of sp³-hybridized carbons (Fsp3) is 0.579. The van der Waals surface area contributed by atoms with Crippen molar-refractivity contribution in [1.29, 1.82) is 0 Å². The lowest BCUT2D eigenvalue weighted by atomic mass is 10.1. The van der Waals surface area contributed by atoms with Crippen LogP contribution in [0, 0.1) is 20.8 Å². The van der Waals surface area contributed by atoms with Gasteiger partial charge in [0.25, 0.3) is 0 Å². The van der Waals surface area contributed by atoms with Crippen LogP contribution in [0.1, 0.15) is 48.8 Å². The van der Waals surface area contributed by atoms with Gasteiger partial charge in [-0.1, -0.05) is 12.5 Å². The Bertz CT molecular complexity index is 573. The molecule has 0 saturated carbocycles. The second-order valence-electron chi connectivity index (χ2n) is 6.36. The minimum atomic E-state index is -0.504. The zero-order valence-corrected chi connectivity index (χ0v) is 15.6. The van der Waals surface area contributed by atoms with Crippen molar-refractivity contribution >= 4 is 11.9 Å². The summed E-state index contributed by atoms with van der Waals surface area (Å²) in [6, 6.07) is 3.69. The van der Waals surface area contributed by atoms with Gasteiger partial charge in [-0.05, 0) is 62.8 Å². The fourth-order valence-corrected chi connectivity index (χ4v) is 2.52. The van der Waals surface area contributed by atoms with Gasteiger partial charge in [-0.3, -0.25) is 4.79 Å². The Labute approximate surface area is 150 Å². The number of hydrogen-bond donors (Lipinski definition) is 3. The molecule has 0 saturated heterocycles. The lowest BCUT2D eigenvalue weighted by molar-refractivity contribution is -0.121. The molecule has 0 aliphatic carbocycles. The molecule has 1 aromatic rings. The number of amides is 3. The van der Waals surface area contributed by atoms with E-state index in [1.54, 1.807) is 0 Å². The Hall–Kier alpha value is -2.24. The van der Waals surface area contributed by atoms with Gasteiger partial charge >= 0.3 is 6.03 Å². The molecule has 6 heteroatoms. The largest absolute Gasteiger partial charge is 0.493 e. The van der Waals surface area contributed by atoms with Crippen LogP contribution < -0.4 is 21.1 Å². The summed E-state index contributed by atoms with van der Waals surface area (Å²) in [4.78, 5) is 22.2. The Kier molecular flexibility index (Phi) is 9.43. The Morgan fingerprint density at radius 1 is 1.00 bits per heavy atom.